The number of fused-ring (bicyclic) bond motifs is 3. The van der Waals surface area contributed by atoms with Gasteiger partial charge in [0.1, 0.15) is 0 Å². The summed E-state index contributed by atoms with van der Waals surface area (Å²) in [5, 5.41) is 4.31. The van der Waals surface area contributed by atoms with E-state index in [9.17, 15) is 14.4 Å². The summed E-state index contributed by atoms with van der Waals surface area (Å²) in [4.78, 5) is 43.1. The lowest BCUT2D eigenvalue weighted by Gasteiger charge is -2.17. The molecule has 2 aromatic heterocycles. The third-order valence-corrected chi connectivity index (χ3v) is 7.83. The number of amides is 1. The van der Waals surface area contributed by atoms with Gasteiger partial charge in [-0.15, -0.1) is 11.3 Å². The van der Waals surface area contributed by atoms with Crippen molar-refractivity contribution in [2.24, 2.45) is 0 Å². The van der Waals surface area contributed by atoms with E-state index in [4.69, 9.17) is 4.74 Å². The summed E-state index contributed by atoms with van der Waals surface area (Å²) < 4.78 is 7.98. The van der Waals surface area contributed by atoms with Crippen molar-refractivity contribution >= 4 is 44.0 Å². The molecule has 194 valence electrons. The fraction of sp³-hybridized carbons (Fsp3) is 0.345. The number of Topliss-reactive ketones (excluding diaryl/α,β-unsaturated/α-hetero) is 1. The van der Waals surface area contributed by atoms with Crippen LogP contribution in [0.25, 0.3) is 21.0 Å². The standard InChI is InChI=1S/C29H33N3O4S/c1-4-31(5-2)17-16-30-28(34)27-22(19-36-6-3)25-26(37-27)21-14-10-11-15-23(21)32(29(25)35)18-24(33)20-12-8-7-9-13-20/h7-15H,4-6,16-19H2,1-3H3,(H,30,34). The van der Waals surface area contributed by atoms with Gasteiger partial charge in [-0.2, -0.15) is 0 Å². The van der Waals surface area contributed by atoms with Gasteiger partial charge in [0, 0.05) is 36.2 Å². The van der Waals surface area contributed by atoms with Crippen LogP contribution < -0.4 is 10.9 Å². The number of benzene rings is 2. The highest BCUT2D eigenvalue weighted by atomic mass is 32.1. The molecule has 0 atom stereocenters. The third-order valence-electron chi connectivity index (χ3n) is 6.57. The van der Waals surface area contributed by atoms with Crippen molar-refractivity contribution in [3.05, 3.63) is 81.0 Å². The normalized spacial score (nSPS) is 11.5. The number of rotatable bonds is 12. The number of carbonyl (C=O) groups is 2. The van der Waals surface area contributed by atoms with E-state index in [1.807, 2.05) is 49.4 Å². The van der Waals surface area contributed by atoms with Crippen molar-refractivity contribution in [2.45, 2.75) is 33.9 Å². The second-order valence-electron chi connectivity index (χ2n) is 8.73. The summed E-state index contributed by atoms with van der Waals surface area (Å²) >= 11 is 1.32. The van der Waals surface area contributed by atoms with Crippen LogP contribution in [0.4, 0.5) is 0 Å². The molecule has 0 radical (unpaired) electrons. The van der Waals surface area contributed by atoms with Crippen LogP contribution in [0.15, 0.2) is 59.4 Å². The molecule has 0 aliphatic rings. The molecule has 0 unspecified atom stereocenters. The fourth-order valence-electron chi connectivity index (χ4n) is 4.52. The van der Waals surface area contributed by atoms with E-state index in [0.29, 0.717) is 40.1 Å². The molecule has 0 aliphatic heterocycles. The zero-order chi connectivity index (χ0) is 26.4. The van der Waals surface area contributed by atoms with Crippen LogP contribution in [0.2, 0.25) is 0 Å². The van der Waals surface area contributed by atoms with E-state index in [1.54, 1.807) is 12.1 Å². The number of para-hydroxylation sites is 1. The van der Waals surface area contributed by atoms with Crippen LogP contribution >= 0.6 is 11.3 Å². The lowest BCUT2D eigenvalue weighted by atomic mass is 10.1. The molecular weight excluding hydrogens is 486 g/mol. The molecule has 0 saturated carbocycles. The molecule has 0 fully saturated rings. The number of hydrogen-bond donors (Lipinski definition) is 1. The number of hydrogen-bond acceptors (Lipinski definition) is 6. The first-order valence-electron chi connectivity index (χ1n) is 12.7. The Kier molecular flexibility index (Phi) is 8.87. The average Bonchev–Trinajstić information content (AvgIpc) is 3.32. The maximum Gasteiger partial charge on any atom is 0.261 e. The predicted molar refractivity (Wildman–Crippen MR) is 150 cm³/mol. The molecule has 0 bridgehead atoms. The summed E-state index contributed by atoms with van der Waals surface area (Å²) in [6.07, 6.45) is 0. The Labute approximate surface area is 220 Å². The van der Waals surface area contributed by atoms with Gasteiger partial charge in [0.15, 0.2) is 5.78 Å². The summed E-state index contributed by atoms with van der Waals surface area (Å²) in [5.74, 6) is -0.360. The highest BCUT2D eigenvalue weighted by molar-refractivity contribution is 7.22. The van der Waals surface area contributed by atoms with Crippen LogP contribution in [0.5, 0.6) is 0 Å². The zero-order valence-corrected chi connectivity index (χ0v) is 22.4. The van der Waals surface area contributed by atoms with Crippen molar-refractivity contribution < 1.29 is 14.3 Å². The van der Waals surface area contributed by atoms with E-state index in [0.717, 1.165) is 29.7 Å². The maximum absolute atomic E-state index is 13.9. The summed E-state index contributed by atoms with van der Waals surface area (Å²) in [5.41, 5.74) is 1.51. The highest BCUT2D eigenvalue weighted by Gasteiger charge is 2.24. The van der Waals surface area contributed by atoms with E-state index in [2.05, 4.69) is 24.1 Å². The average molecular weight is 520 g/mol. The Hall–Kier alpha value is -3.33. The molecule has 2 heterocycles. The van der Waals surface area contributed by atoms with Gasteiger partial charge in [0.25, 0.3) is 11.5 Å². The van der Waals surface area contributed by atoms with Crippen LogP contribution in [-0.2, 0) is 17.9 Å². The quantitative estimate of drug-likeness (QED) is 0.274. The lowest BCUT2D eigenvalue weighted by molar-refractivity contribution is 0.0942. The van der Waals surface area contributed by atoms with Crippen LogP contribution in [0.1, 0.15) is 46.4 Å². The minimum Gasteiger partial charge on any atom is -0.377 e. The Morgan fingerprint density at radius 1 is 1.00 bits per heavy atom. The Morgan fingerprint density at radius 3 is 2.41 bits per heavy atom. The third kappa shape index (κ3) is 5.66. The molecule has 0 spiro atoms. The number of thiophene rings is 1. The van der Waals surface area contributed by atoms with Gasteiger partial charge >= 0.3 is 0 Å². The van der Waals surface area contributed by atoms with Gasteiger partial charge in [-0.25, -0.2) is 0 Å². The minimum absolute atomic E-state index is 0.0887. The number of likely N-dealkylation sites (N-methyl/N-ethyl adjacent to an activating group) is 1. The number of ether oxygens (including phenoxy) is 1. The first kappa shape index (κ1) is 26.7. The molecule has 7 nitrogen and oxygen atoms in total. The Bertz CT molecular complexity index is 1460. The smallest absolute Gasteiger partial charge is 0.261 e. The molecule has 2 aromatic carbocycles. The van der Waals surface area contributed by atoms with E-state index in [1.165, 1.54) is 15.9 Å². The second-order valence-corrected chi connectivity index (χ2v) is 9.75. The van der Waals surface area contributed by atoms with Crippen molar-refractivity contribution in [1.29, 1.82) is 0 Å². The number of ketones is 1. The van der Waals surface area contributed by atoms with Crippen molar-refractivity contribution in [2.75, 3.05) is 32.8 Å². The van der Waals surface area contributed by atoms with Gasteiger partial charge in [-0.05, 0) is 26.1 Å². The molecule has 1 N–H and O–H groups in total. The molecular formula is C29H33N3O4S. The predicted octanol–water partition coefficient (Wildman–Crippen LogP) is 4.71. The number of nitrogens with one attached hydrogen (secondary N) is 1. The molecule has 37 heavy (non-hydrogen) atoms. The zero-order valence-electron chi connectivity index (χ0n) is 21.6. The van der Waals surface area contributed by atoms with Gasteiger partial charge in [-0.3, -0.25) is 19.0 Å². The monoisotopic (exact) mass is 519 g/mol. The van der Waals surface area contributed by atoms with Gasteiger partial charge in [0.2, 0.25) is 0 Å². The number of pyridine rings is 1. The highest BCUT2D eigenvalue weighted by Crippen LogP contribution is 2.35. The minimum atomic E-state index is -0.286. The molecule has 1 amide bonds. The second kappa shape index (κ2) is 12.3. The number of carbonyl (C=O) groups excluding carboxylic acids is 2. The van der Waals surface area contributed by atoms with Crippen molar-refractivity contribution in [3.8, 4) is 0 Å². The number of nitrogens with zero attached hydrogens (tertiary/aromatic N) is 2. The molecule has 4 rings (SSSR count). The van der Waals surface area contributed by atoms with Gasteiger partial charge in [-0.1, -0.05) is 62.4 Å². The molecule has 8 heteroatoms. The fourth-order valence-corrected chi connectivity index (χ4v) is 5.76. The summed E-state index contributed by atoms with van der Waals surface area (Å²) in [6, 6.07) is 16.5. The number of aromatic nitrogens is 1. The Balaban J connectivity index is 1.82. The maximum atomic E-state index is 13.9. The Morgan fingerprint density at radius 2 is 1.70 bits per heavy atom. The van der Waals surface area contributed by atoms with Crippen molar-refractivity contribution in [1.82, 2.24) is 14.8 Å². The van der Waals surface area contributed by atoms with Gasteiger partial charge < -0.3 is 15.0 Å². The topological polar surface area (TPSA) is 80.6 Å². The van der Waals surface area contributed by atoms with Crippen LogP contribution in [0.3, 0.4) is 0 Å². The van der Waals surface area contributed by atoms with Crippen LogP contribution in [0, 0.1) is 0 Å². The SMILES string of the molecule is CCOCc1c(C(=O)NCCN(CC)CC)sc2c1c(=O)n(CC(=O)c1ccccc1)c1ccccc21. The van der Waals surface area contributed by atoms with E-state index < -0.39 is 0 Å². The van der Waals surface area contributed by atoms with Crippen LogP contribution in [-0.4, -0.2) is 53.9 Å². The first-order valence-corrected chi connectivity index (χ1v) is 13.5. The van der Waals surface area contributed by atoms with Crippen molar-refractivity contribution in [3.63, 3.8) is 0 Å². The van der Waals surface area contributed by atoms with Gasteiger partial charge in [0.05, 0.1) is 33.6 Å². The summed E-state index contributed by atoms with van der Waals surface area (Å²) in [6.45, 7) is 9.67. The molecule has 4 aromatic rings. The molecule has 0 saturated heterocycles. The first-order chi connectivity index (χ1) is 18.0. The molecule has 0 aliphatic carbocycles. The van der Waals surface area contributed by atoms with E-state index in [-0.39, 0.29) is 30.4 Å². The van der Waals surface area contributed by atoms with E-state index >= 15 is 0 Å². The lowest BCUT2D eigenvalue weighted by Crippen LogP contribution is -2.34. The largest absolute Gasteiger partial charge is 0.377 e. The summed E-state index contributed by atoms with van der Waals surface area (Å²) in [7, 11) is 0.